The number of carboxylic acids is 1. The summed E-state index contributed by atoms with van der Waals surface area (Å²) in [6.07, 6.45) is 0.571. The average molecular weight is 350 g/mol. The van der Waals surface area contributed by atoms with Gasteiger partial charge in [-0.2, -0.15) is 0 Å². The minimum Gasteiger partial charge on any atom is -0.477 e. The van der Waals surface area contributed by atoms with E-state index in [0.29, 0.717) is 17.1 Å². The van der Waals surface area contributed by atoms with Gasteiger partial charge in [-0.3, -0.25) is 4.79 Å². The predicted molar refractivity (Wildman–Crippen MR) is 89.8 cm³/mol. The number of halogens is 1. The number of carbonyl (C=O) groups excluding carboxylic acids is 1. The summed E-state index contributed by atoms with van der Waals surface area (Å²) < 4.78 is 13.0. The van der Waals surface area contributed by atoms with Gasteiger partial charge in [-0.1, -0.05) is 19.1 Å². The van der Waals surface area contributed by atoms with E-state index >= 15 is 0 Å². The van der Waals surface area contributed by atoms with Crippen LogP contribution in [-0.4, -0.2) is 22.0 Å². The highest BCUT2D eigenvalue weighted by molar-refractivity contribution is 7.13. The SMILES string of the molecule is CCC(C(=O)NC(C)c1nc(C)c(C(=O)O)s1)c1ccc(F)cc1. The van der Waals surface area contributed by atoms with Crippen LogP contribution in [0.1, 0.15) is 58.2 Å². The number of aryl methyl sites for hydroxylation is 1. The molecule has 1 aromatic heterocycles. The van der Waals surface area contributed by atoms with Crippen LogP contribution >= 0.6 is 11.3 Å². The van der Waals surface area contributed by atoms with Crippen molar-refractivity contribution in [2.24, 2.45) is 0 Å². The first-order valence-electron chi connectivity index (χ1n) is 7.60. The summed E-state index contributed by atoms with van der Waals surface area (Å²) >= 11 is 1.06. The van der Waals surface area contributed by atoms with Gasteiger partial charge in [0.15, 0.2) is 0 Å². The number of benzene rings is 1. The Bertz CT molecular complexity index is 743. The summed E-state index contributed by atoms with van der Waals surface area (Å²) in [6, 6.07) is 5.47. The molecule has 0 aliphatic rings. The summed E-state index contributed by atoms with van der Waals surface area (Å²) in [5.41, 5.74) is 1.18. The van der Waals surface area contributed by atoms with Crippen LogP contribution in [0, 0.1) is 12.7 Å². The van der Waals surface area contributed by atoms with Gasteiger partial charge >= 0.3 is 5.97 Å². The first-order chi connectivity index (χ1) is 11.3. The Labute approximate surface area is 143 Å². The van der Waals surface area contributed by atoms with E-state index in [2.05, 4.69) is 10.3 Å². The van der Waals surface area contributed by atoms with Crippen molar-refractivity contribution in [3.05, 3.63) is 51.2 Å². The van der Waals surface area contributed by atoms with Gasteiger partial charge in [0.05, 0.1) is 17.7 Å². The molecule has 0 radical (unpaired) electrons. The maximum Gasteiger partial charge on any atom is 0.347 e. The van der Waals surface area contributed by atoms with Crippen LogP contribution in [0.4, 0.5) is 4.39 Å². The largest absolute Gasteiger partial charge is 0.477 e. The zero-order valence-electron chi connectivity index (χ0n) is 13.7. The molecule has 1 aromatic carbocycles. The van der Waals surface area contributed by atoms with Crippen molar-refractivity contribution in [1.82, 2.24) is 10.3 Å². The molecule has 1 heterocycles. The Balaban J connectivity index is 2.13. The number of carboxylic acid groups (broad SMARTS) is 1. The van der Waals surface area contributed by atoms with Gasteiger partial charge < -0.3 is 10.4 Å². The number of hydrogen-bond donors (Lipinski definition) is 2. The number of amides is 1. The molecule has 2 aromatic rings. The lowest BCUT2D eigenvalue weighted by molar-refractivity contribution is -0.123. The molecule has 7 heteroatoms. The lowest BCUT2D eigenvalue weighted by Crippen LogP contribution is -2.31. The molecule has 5 nitrogen and oxygen atoms in total. The molecule has 128 valence electrons. The molecule has 2 unspecified atom stereocenters. The molecule has 2 N–H and O–H groups in total. The Morgan fingerprint density at radius 2 is 1.96 bits per heavy atom. The molecule has 24 heavy (non-hydrogen) atoms. The van der Waals surface area contributed by atoms with Crippen LogP contribution in [0.2, 0.25) is 0 Å². The third kappa shape index (κ3) is 3.97. The second kappa shape index (κ2) is 7.53. The molecule has 2 rings (SSSR count). The van der Waals surface area contributed by atoms with E-state index in [-0.39, 0.29) is 16.6 Å². The van der Waals surface area contributed by atoms with Crippen molar-refractivity contribution in [2.45, 2.75) is 39.2 Å². The minimum absolute atomic E-state index is 0.177. The standard InChI is InChI=1S/C17H19FN2O3S/c1-4-13(11-5-7-12(18)8-6-11)15(21)19-10(3)16-20-9(2)14(24-16)17(22)23/h5-8,10,13H,4H2,1-3H3,(H,19,21)(H,22,23). The number of rotatable bonds is 6. The first kappa shape index (κ1) is 18.1. The van der Waals surface area contributed by atoms with Crippen molar-refractivity contribution in [3.63, 3.8) is 0 Å². The fourth-order valence-corrected chi connectivity index (χ4v) is 3.35. The topological polar surface area (TPSA) is 79.3 Å². The molecule has 0 spiro atoms. The highest BCUT2D eigenvalue weighted by atomic mass is 32.1. The van der Waals surface area contributed by atoms with Gasteiger partial charge in [0, 0.05) is 0 Å². The summed E-state index contributed by atoms with van der Waals surface area (Å²) in [5.74, 6) is -1.95. The Morgan fingerprint density at radius 1 is 1.33 bits per heavy atom. The molecule has 0 saturated heterocycles. The van der Waals surface area contributed by atoms with Gasteiger partial charge in [0.1, 0.15) is 15.7 Å². The molecule has 0 bridgehead atoms. The molecule has 0 aliphatic carbocycles. The van der Waals surface area contributed by atoms with Gasteiger partial charge in [-0.25, -0.2) is 14.2 Å². The van der Waals surface area contributed by atoms with E-state index in [4.69, 9.17) is 5.11 Å². The number of nitrogens with zero attached hydrogens (tertiary/aromatic N) is 1. The van der Waals surface area contributed by atoms with Crippen molar-refractivity contribution in [3.8, 4) is 0 Å². The van der Waals surface area contributed by atoms with E-state index in [1.807, 2.05) is 6.92 Å². The van der Waals surface area contributed by atoms with E-state index in [9.17, 15) is 14.0 Å². The quantitative estimate of drug-likeness (QED) is 0.833. The van der Waals surface area contributed by atoms with E-state index in [1.165, 1.54) is 12.1 Å². The van der Waals surface area contributed by atoms with Crippen LogP contribution in [0.3, 0.4) is 0 Å². The lowest BCUT2D eigenvalue weighted by atomic mass is 9.95. The molecule has 2 atom stereocenters. The summed E-state index contributed by atoms with van der Waals surface area (Å²) in [4.78, 5) is 28.0. The highest BCUT2D eigenvalue weighted by Gasteiger charge is 2.23. The van der Waals surface area contributed by atoms with Gasteiger partial charge in [0.25, 0.3) is 0 Å². The number of nitrogens with one attached hydrogen (secondary N) is 1. The maximum absolute atomic E-state index is 13.0. The van der Waals surface area contributed by atoms with Crippen molar-refractivity contribution in [2.75, 3.05) is 0 Å². The number of aromatic carboxylic acids is 1. The predicted octanol–water partition coefficient (Wildman–Crippen LogP) is 3.66. The number of thiazole rings is 1. The zero-order valence-corrected chi connectivity index (χ0v) is 14.5. The Kier molecular flexibility index (Phi) is 5.66. The monoisotopic (exact) mass is 350 g/mol. The second-order valence-corrected chi connectivity index (χ2v) is 6.55. The Hall–Kier alpha value is -2.28. The molecule has 0 fully saturated rings. The van der Waals surface area contributed by atoms with Gasteiger partial charge in [-0.05, 0) is 38.0 Å². The van der Waals surface area contributed by atoms with Crippen LogP contribution in [-0.2, 0) is 4.79 Å². The summed E-state index contributed by atoms with van der Waals surface area (Å²) in [6.45, 7) is 5.28. The Morgan fingerprint density at radius 3 is 2.46 bits per heavy atom. The normalized spacial score (nSPS) is 13.3. The van der Waals surface area contributed by atoms with Crippen molar-refractivity contribution in [1.29, 1.82) is 0 Å². The molecule has 0 saturated carbocycles. The number of hydrogen-bond acceptors (Lipinski definition) is 4. The fourth-order valence-electron chi connectivity index (χ4n) is 2.44. The second-order valence-electron chi connectivity index (χ2n) is 5.51. The van der Waals surface area contributed by atoms with Gasteiger partial charge in [-0.15, -0.1) is 11.3 Å². The number of aromatic nitrogens is 1. The third-order valence-electron chi connectivity index (χ3n) is 3.73. The molecular weight excluding hydrogens is 331 g/mol. The van der Waals surface area contributed by atoms with Gasteiger partial charge in [0.2, 0.25) is 5.91 Å². The summed E-state index contributed by atoms with van der Waals surface area (Å²) in [7, 11) is 0. The smallest absolute Gasteiger partial charge is 0.347 e. The maximum atomic E-state index is 13.0. The minimum atomic E-state index is -1.02. The molecule has 0 aliphatic heterocycles. The zero-order chi connectivity index (χ0) is 17.9. The number of carbonyl (C=O) groups is 2. The average Bonchev–Trinajstić information content (AvgIpc) is 2.92. The van der Waals surface area contributed by atoms with E-state index in [0.717, 1.165) is 16.9 Å². The lowest BCUT2D eigenvalue weighted by Gasteiger charge is -2.18. The summed E-state index contributed by atoms with van der Waals surface area (Å²) in [5, 5.41) is 12.5. The molecular formula is C17H19FN2O3S. The fraction of sp³-hybridized carbons (Fsp3) is 0.353. The molecule has 1 amide bonds. The van der Waals surface area contributed by atoms with Crippen LogP contribution in [0.25, 0.3) is 0 Å². The third-order valence-corrected chi connectivity index (χ3v) is 5.06. The van der Waals surface area contributed by atoms with Crippen molar-refractivity contribution < 1.29 is 19.1 Å². The highest BCUT2D eigenvalue weighted by Crippen LogP contribution is 2.26. The van der Waals surface area contributed by atoms with E-state index in [1.54, 1.807) is 26.0 Å². The van der Waals surface area contributed by atoms with E-state index < -0.39 is 17.9 Å². The van der Waals surface area contributed by atoms with Crippen LogP contribution in [0.15, 0.2) is 24.3 Å². The van der Waals surface area contributed by atoms with Crippen LogP contribution < -0.4 is 5.32 Å². The first-order valence-corrected chi connectivity index (χ1v) is 8.41. The van der Waals surface area contributed by atoms with Crippen molar-refractivity contribution >= 4 is 23.2 Å². The van der Waals surface area contributed by atoms with Crippen LogP contribution in [0.5, 0.6) is 0 Å².